The normalized spacial score (nSPS) is 19.1. The van der Waals surface area contributed by atoms with Crippen LogP contribution in [0.2, 0.25) is 5.15 Å². The molecule has 1 fully saturated rings. The van der Waals surface area contributed by atoms with Gasteiger partial charge in [-0.05, 0) is 0 Å². The molecule has 1 aromatic heterocycles. The number of H-pyrrole nitrogens is 1. The van der Waals surface area contributed by atoms with Crippen molar-refractivity contribution in [1.82, 2.24) is 9.97 Å². The van der Waals surface area contributed by atoms with Crippen molar-refractivity contribution in [2.24, 2.45) is 5.92 Å². The minimum Gasteiger partial charge on any atom is -0.469 e. The van der Waals surface area contributed by atoms with Crippen molar-refractivity contribution in [2.75, 3.05) is 18.6 Å². The first-order valence-electron chi connectivity index (χ1n) is 5.16. The lowest BCUT2D eigenvalue weighted by molar-refractivity contribution is -0.145. The molecular weight excluding hydrogens is 262 g/mol. The van der Waals surface area contributed by atoms with Gasteiger partial charge in [0, 0.05) is 19.0 Å². The number of ether oxygens (including phenoxy) is 1. The quantitative estimate of drug-likeness (QED) is 0.601. The number of halogens is 1. The maximum absolute atomic E-state index is 11.7. The SMILES string of the molecule is COC(=O)C1CC(=O)N(c2nc(Cl)cc(=O)[nH]2)C1. The smallest absolute Gasteiger partial charge is 0.311 e. The standard InChI is InChI=1S/C10H10ClN3O4/c1-18-9(17)5-2-8(16)14(4-5)10-12-6(11)3-7(15)13-10/h3,5H,2,4H2,1H3,(H,12,13,15). The first-order chi connectivity index (χ1) is 8.51. The number of carbonyl (C=O) groups is 2. The molecule has 0 spiro atoms. The minimum atomic E-state index is -0.549. The molecule has 1 aromatic rings. The lowest BCUT2D eigenvalue weighted by atomic mass is 10.1. The van der Waals surface area contributed by atoms with Gasteiger partial charge in [0.2, 0.25) is 11.9 Å². The molecule has 1 aliphatic rings. The van der Waals surface area contributed by atoms with E-state index in [2.05, 4.69) is 14.7 Å². The fraction of sp³-hybridized carbons (Fsp3) is 0.400. The largest absolute Gasteiger partial charge is 0.469 e. The van der Waals surface area contributed by atoms with Gasteiger partial charge in [0.25, 0.3) is 5.56 Å². The van der Waals surface area contributed by atoms with Crippen molar-refractivity contribution in [3.8, 4) is 0 Å². The number of carbonyl (C=O) groups excluding carboxylic acids is 2. The molecule has 1 amide bonds. The highest BCUT2D eigenvalue weighted by Gasteiger charge is 2.36. The molecule has 1 aliphatic heterocycles. The lowest BCUT2D eigenvalue weighted by Crippen LogP contribution is -2.29. The Bertz CT molecular complexity index is 556. The summed E-state index contributed by atoms with van der Waals surface area (Å²) in [5.74, 6) is -1.28. The highest BCUT2D eigenvalue weighted by molar-refractivity contribution is 6.29. The zero-order chi connectivity index (χ0) is 13.3. The van der Waals surface area contributed by atoms with Gasteiger partial charge in [-0.25, -0.2) is 4.98 Å². The van der Waals surface area contributed by atoms with Crippen molar-refractivity contribution in [1.29, 1.82) is 0 Å². The Balaban J connectivity index is 2.27. The number of esters is 1. The Labute approximate surface area is 107 Å². The van der Waals surface area contributed by atoms with Gasteiger partial charge in [0.05, 0.1) is 13.0 Å². The van der Waals surface area contributed by atoms with E-state index in [0.29, 0.717) is 0 Å². The average molecular weight is 272 g/mol. The van der Waals surface area contributed by atoms with Gasteiger partial charge >= 0.3 is 5.97 Å². The third-order valence-electron chi connectivity index (χ3n) is 2.61. The fourth-order valence-electron chi connectivity index (χ4n) is 1.78. The molecule has 0 aromatic carbocycles. The van der Waals surface area contributed by atoms with Gasteiger partial charge in [-0.3, -0.25) is 24.3 Å². The van der Waals surface area contributed by atoms with Gasteiger partial charge in [0.1, 0.15) is 5.15 Å². The molecule has 1 N–H and O–H groups in total. The summed E-state index contributed by atoms with van der Waals surface area (Å²) >= 11 is 5.64. The molecule has 0 aliphatic carbocycles. The predicted octanol–water partition coefficient (Wildman–Crippen LogP) is -0.0508. The Kier molecular flexibility index (Phi) is 3.33. The number of aromatic nitrogens is 2. The minimum absolute atomic E-state index is 0.0110. The summed E-state index contributed by atoms with van der Waals surface area (Å²) in [7, 11) is 1.26. The Morgan fingerprint density at radius 1 is 1.61 bits per heavy atom. The number of hydrogen-bond acceptors (Lipinski definition) is 5. The molecule has 1 saturated heterocycles. The van der Waals surface area contributed by atoms with Crippen LogP contribution in [-0.4, -0.2) is 35.5 Å². The highest BCUT2D eigenvalue weighted by atomic mass is 35.5. The number of nitrogens with one attached hydrogen (secondary N) is 1. The van der Waals surface area contributed by atoms with E-state index in [1.165, 1.54) is 12.0 Å². The van der Waals surface area contributed by atoms with Gasteiger partial charge < -0.3 is 4.74 Å². The van der Waals surface area contributed by atoms with E-state index >= 15 is 0 Å². The van der Waals surface area contributed by atoms with Crippen LogP contribution in [0.5, 0.6) is 0 Å². The molecule has 1 unspecified atom stereocenters. The van der Waals surface area contributed by atoms with E-state index in [9.17, 15) is 14.4 Å². The second-order valence-corrected chi connectivity index (χ2v) is 4.21. The van der Waals surface area contributed by atoms with Crippen molar-refractivity contribution in [2.45, 2.75) is 6.42 Å². The molecule has 2 rings (SSSR count). The summed E-state index contributed by atoms with van der Waals surface area (Å²) in [6.45, 7) is 0.120. The Hall–Kier alpha value is -1.89. The maximum atomic E-state index is 11.7. The van der Waals surface area contributed by atoms with Crippen LogP contribution in [0.4, 0.5) is 5.95 Å². The summed E-state index contributed by atoms with van der Waals surface area (Å²) < 4.78 is 4.58. The third-order valence-corrected chi connectivity index (χ3v) is 2.81. The van der Waals surface area contributed by atoms with Crippen LogP contribution in [0.1, 0.15) is 6.42 Å². The van der Waals surface area contributed by atoms with Gasteiger partial charge in [-0.15, -0.1) is 0 Å². The fourth-order valence-corrected chi connectivity index (χ4v) is 1.96. The van der Waals surface area contributed by atoms with E-state index in [1.54, 1.807) is 0 Å². The van der Waals surface area contributed by atoms with E-state index in [4.69, 9.17) is 11.6 Å². The number of methoxy groups -OCH3 is 1. The monoisotopic (exact) mass is 271 g/mol. The molecule has 18 heavy (non-hydrogen) atoms. The summed E-state index contributed by atoms with van der Waals surface area (Å²) in [5, 5.41) is -0.0110. The number of amides is 1. The first kappa shape index (κ1) is 12.6. The second kappa shape index (κ2) is 4.77. The predicted molar refractivity (Wildman–Crippen MR) is 62.3 cm³/mol. The zero-order valence-electron chi connectivity index (χ0n) is 9.47. The summed E-state index contributed by atoms with van der Waals surface area (Å²) in [4.78, 5) is 41.8. The molecule has 1 atom stereocenters. The van der Waals surface area contributed by atoms with Crippen LogP contribution in [-0.2, 0) is 14.3 Å². The van der Waals surface area contributed by atoms with Crippen molar-refractivity contribution in [3.05, 3.63) is 21.6 Å². The van der Waals surface area contributed by atoms with Crippen LogP contribution < -0.4 is 10.5 Å². The number of anilines is 1. The van der Waals surface area contributed by atoms with Crippen LogP contribution in [0.25, 0.3) is 0 Å². The Morgan fingerprint density at radius 2 is 2.33 bits per heavy atom. The van der Waals surface area contributed by atoms with E-state index < -0.39 is 17.4 Å². The number of hydrogen-bond donors (Lipinski definition) is 1. The lowest BCUT2D eigenvalue weighted by Gasteiger charge is -2.14. The van der Waals surface area contributed by atoms with Gasteiger partial charge in [-0.2, -0.15) is 0 Å². The highest BCUT2D eigenvalue weighted by Crippen LogP contribution is 2.22. The number of rotatable bonds is 2. The molecule has 0 bridgehead atoms. The van der Waals surface area contributed by atoms with E-state index in [1.807, 2.05) is 0 Å². The molecule has 2 heterocycles. The molecule has 0 saturated carbocycles. The van der Waals surface area contributed by atoms with E-state index in [0.717, 1.165) is 6.07 Å². The third kappa shape index (κ3) is 2.35. The van der Waals surface area contributed by atoms with Crippen LogP contribution >= 0.6 is 11.6 Å². The summed E-state index contributed by atoms with van der Waals surface area (Å²) in [5.41, 5.74) is -0.459. The second-order valence-electron chi connectivity index (χ2n) is 3.82. The van der Waals surface area contributed by atoms with Crippen LogP contribution in [0.3, 0.4) is 0 Å². The molecule has 7 nitrogen and oxygen atoms in total. The average Bonchev–Trinajstić information content (AvgIpc) is 2.69. The van der Waals surface area contributed by atoms with Crippen LogP contribution in [0, 0.1) is 5.92 Å². The summed E-state index contributed by atoms with van der Waals surface area (Å²) in [6, 6.07) is 1.10. The van der Waals surface area contributed by atoms with Crippen molar-refractivity contribution < 1.29 is 14.3 Å². The molecule has 0 radical (unpaired) electrons. The summed E-state index contributed by atoms with van der Waals surface area (Å²) in [6.07, 6.45) is 0.0307. The molecule has 8 heteroatoms. The van der Waals surface area contributed by atoms with Gasteiger partial charge in [0.15, 0.2) is 0 Å². The molecule has 96 valence electrons. The Morgan fingerprint density at radius 3 is 2.94 bits per heavy atom. The van der Waals surface area contributed by atoms with Crippen molar-refractivity contribution in [3.63, 3.8) is 0 Å². The first-order valence-corrected chi connectivity index (χ1v) is 5.54. The maximum Gasteiger partial charge on any atom is 0.311 e. The molecular formula is C10H10ClN3O4. The van der Waals surface area contributed by atoms with Crippen molar-refractivity contribution >= 4 is 29.4 Å². The van der Waals surface area contributed by atoms with Crippen LogP contribution in [0.15, 0.2) is 10.9 Å². The van der Waals surface area contributed by atoms with E-state index in [-0.39, 0.29) is 30.0 Å². The topological polar surface area (TPSA) is 92.4 Å². The number of nitrogens with zero attached hydrogens (tertiary/aromatic N) is 2. The van der Waals surface area contributed by atoms with Gasteiger partial charge in [-0.1, -0.05) is 11.6 Å². The number of aromatic amines is 1. The zero-order valence-corrected chi connectivity index (χ0v) is 10.2.